The Kier molecular flexibility index (Phi) is 4.70. The van der Waals surface area contributed by atoms with E-state index in [0.717, 1.165) is 45.8 Å². The summed E-state index contributed by atoms with van der Waals surface area (Å²) in [6, 6.07) is 6.57. The molecule has 0 radical (unpaired) electrons. The summed E-state index contributed by atoms with van der Waals surface area (Å²) in [6.07, 6.45) is 8.66. The molecule has 1 atom stereocenters. The summed E-state index contributed by atoms with van der Waals surface area (Å²) in [6.45, 7) is 5.21. The second kappa shape index (κ2) is 7.14. The van der Waals surface area contributed by atoms with Crippen molar-refractivity contribution in [2.45, 2.75) is 58.5 Å². The average Bonchev–Trinajstić information content (AvgIpc) is 3.11. The molecule has 0 aliphatic heterocycles. The minimum atomic E-state index is 0.431. The molecule has 1 aliphatic rings. The molecule has 26 heavy (non-hydrogen) atoms. The van der Waals surface area contributed by atoms with E-state index in [9.17, 15) is 0 Å². The van der Waals surface area contributed by atoms with Crippen LogP contribution in [0.25, 0.3) is 21.9 Å². The Bertz CT molecular complexity index is 911. The number of anilines is 1. The van der Waals surface area contributed by atoms with E-state index < -0.39 is 0 Å². The standard InChI is InChI=1S/C21H28N4O/c1-4-25-21-17(13-22-25)19(23-14(2)15-9-6-5-7-10-15)16-11-8-12-18(26-3)20(16)24-21/h8,11-15H,4-7,9-10H2,1-3H3,(H,23,24). The molecule has 138 valence electrons. The van der Waals surface area contributed by atoms with Crippen molar-refractivity contribution in [3.63, 3.8) is 0 Å². The van der Waals surface area contributed by atoms with Gasteiger partial charge in [-0.15, -0.1) is 0 Å². The number of nitrogens with one attached hydrogen (secondary N) is 1. The Morgan fingerprint density at radius 2 is 2.04 bits per heavy atom. The van der Waals surface area contributed by atoms with Gasteiger partial charge in [-0.05, 0) is 38.7 Å². The summed E-state index contributed by atoms with van der Waals surface area (Å²) in [4.78, 5) is 4.90. The second-order valence-corrected chi connectivity index (χ2v) is 7.37. The van der Waals surface area contributed by atoms with Gasteiger partial charge in [-0.1, -0.05) is 31.4 Å². The fraction of sp³-hybridized carbons (Fsp3) is 0.524. The van der Waals surface area contributed by atoms with Gasteiger partial charge in [0.05, 0.1) is 24.4 Å². The highest BCUT2D eigenvalue weighted by Gasteiger charge is 2.23. The van der Waals surface area contributed by atoms with Crippen molar-refractivity contribution in [3.05, 3.63) is 24.4 Å². The lowest BCUT2D eigenvalue weighted by molar-refractivity contribution is 0.328. The van der Waals surface area contributed by atoms with Gasteiger partial charge in [0.2, 0.25) is 0 Å². The monoisotopic (exact) mass is 352 g/mol. The van der Waals surface area contributed by atoms with Crippen molar-refractivity contribution in [3.8, 4) is 5.75 Å². The van der Waals surface area contributed by atoms with Crippen LogP contribution in [0, 0.1) is 5.92 Å². The molecule has 1 aromatic carbocycles. The smallest absolute Gasteiger partial charge is 0.160 e. The number of nitrogens with zero attached hydrogens (tertiary/aromatic N) is 3. The number of rotatable bonds is 5. The lowest BCUT2D eigenvalue weighted by Gasteiger charge is -2.29. The van der Waals surface area contributed by atoms with E-state index in [-0.39, 0.29) is 0 Å². The van der Waals surface area contributed by atoms with Gasteiger partial charge in [0.1, 0.15) is 11.3 Å². The number of hydrogen-bond acceptors (Lipinski definition) is 4. The molecule has 1 fully saturated rings. The van der Waals surface area contributed by atoms with Crippen molar-refractivity contribution in [2.24, 2.45) is 5.92 Å². The summed E-state index contributed by atoms with van der Waals surface area (Å²) < 4.78 is 7.54. The number of aryl methyl sites for hydroxylation is 1. The topological polar surface area (TPSA) is 52.0 Å². The van der Waals surface area contributed by atoms with Crippen LogP contribution < -0.4 is 10.1 Å². The Hall–Kier alpha value is -2.30. The first kappa shape index (κ1) is 17.1. The zero-order valence-electron chi connectivity index (χ0n) is 16.0. The van der Waals surface area contributed by atoms with Crippen LogP contribution in [0.3, 0.4) is 0 Å². The van der Waals surface area contributed by atoms with E-state index in [1.807, 2.05) is 23.0 Å². The predicted molar refractivity (Wildman–Crippen MR) is 107 cm³/mol. The van der Waals surface area contributed by atoms with Crippen molar-refractivity contribution in [2.75, 3.05) is 12.4 Å². The Labute approximate surface area is 154 Å². The summed E-state index contributed by atoms with van der Waals surface area (Å²) in [7, 11) is 1.70. The molecule has 1 saturated carbocycles. The zero-order chi connectivity index (χ0) is 18.1. The van der Waals surface area contributed by atoms with Crippen molar-refractivity contribution >= 4 is 27.6 Å². The van der Waals surface area contributed by atoms with Crippen molar-refractivity contribution < 1.29 is 4.74 Å². The van der Waals surface area contributed by atoms with E-state index in [1.165, 1.54) is 32.1 Å². The highest BCUT2D eigenvalue weighted by Crippen LogP contribution is 2.37. The summed E-state index contributed by atoms with van der Waals surface area (Å²) in [5.41, 5.74) is 2.96. The van der Waals surface area contributed by atoms with E-state index in [1.54, 1.807) is 7.11 Å². The fourth-order valence-corrected chi connectivity index (χ4v) is 4.29. The van der Waals surface area contributed by atoms with Gasteiger partial charge in [-0.2, -0.15) is 5.10 Å². The van der Waals surface area contributed by atoms with Gasteiger partial charge in [-0.3, -0.25) is 0 Å². The first-order chi connectivity index (χ1) is 12.7. The number of fused-ring (bicyclic) bond motifs is 2. The lowest BCUT2D eigenvalue weighted by Crippen LogP contribution is -2.27. The molecule has 1 unspecified atom stereocenters. The SMILES string of the molecule is CCn1ncc2c(NC(C)C3CCCCC3)c3cccc(OC)c3nc21. The predicted octanol–water partition coefficient (Wildman–Crippen LogP) is 4.99. The van der Waals surface area contributed by atoms with E-state index in [2.05, 4.69) is 30.3 Å². The second-order valence-electron chi connectivity index (χ2n) is 7.37. The lowest BCUT2D eigenvalue weighted by atomic mass is 9.84. The molecule has 2 aromatic heterocycles. The first-order valence-corrected chi connectivity index (χ1v) is 9.81. The van der Waals surface area contributed by atoms with Gasteiger partial charge < -0.3 is 10.1 Å². The van der Waals surface area contributed by atoms with E-state index >= 15 is 0 Å². The molecule has 4 rings (SSSR count). The van der Waals surface area contributed by atoms with Gasteiger partial charge >= 0.3 is 0 Å². The number of ether oxygens (including phenoxy) is 1. The fourth-order valence-electron chi connectivity index (χ4n) is 4.29. The highest BCUT2D eigenvalue weighted by atomic mass is 16.5. The number of pyridine rings is 1. The van der Waals surface area contributed by atoms with Gasteiger partial charge in [0, 0.05) is 18.0 Å². The van der Waals surface area contributed by atoms with Gasteiger partial charge in [0.15, 0.2) is 5.65 Å². The molecule has 0 spiro atoms. The van der Waals surface area contributed by atoms with Crippen LogP contribution in [0.1, 0.15) is 46.0 Å². The first-order valence-electron chi connectivity index (χ1n) is 9.81. The van der Waals surface area contributed by atoms with Crippen LogP contribution in [0.5, 0.6) is 5.75 Å². The van der Waals surface area contributed by atoms with Crippen LogP contribution in [-0.2, 0) is 6.54 Å². The minimum absolute atomic E-state index is 0.431. The highest BCUT2D eigenvalue weighted by molar-refractivity contribution is 6.08. The summed E-state index contributed by atoms with van der Waals surface area (Å²) in [5.74, 6) is 1.54. The molecule has 5 heteroatoms. The minimum Gasteiger partial charge on any atom is -0.494 e. The maximum Gasteiger partial charge on any atom is 0.160 e. The third-order valence-corrected chi connectivity index (χ3v) is 5.82. The number of methoxy groups -OCH3 is 1. The normalized spacial score (nSPS) is 16.9. The van der Waals surface area contributed by atoms with Crippen LogP contribution in [0.15, 0.2) is 24.4 Å². The molecule has 0 amide bonds. The van der Waals surface area contributed by atoms with Crippen LogP contribution in [0.4, 0.5) is 5.69 Å². The number of para-hydroxylation sites is 1. The van der Waals surface area contributed by atoms with Crippen LogP contribution in [0.2, 0.25) is 0 Å². The molecular weight excluding hydrogens is 324 g/mol. The Morgan fingerprint density at radius 3 is 2.77 bits per heavy atom. The maximum atomic E-state index is 5.58. The van der Waals surface area contributed by atoms with Crippen molar-refractivity contribution in [1.82, 2.24) is 14.8 Å². The zero-order valence-corrected chi connectivity index (χ0v) is 16.0. The largest absolute Gasteiger partial charge is 0.494 e. The molecule has 0 bridgehead atoms. The Balaban J connectivity index is 1.85. The maximum absolute atomic E-state index is 5.58. The van der Waals surface area contributed by atoms with Gasteiger partial charge in [0.25, 0.3) is 0 Å². The van der Waals surface area contributed by atoms with Crippen molar-refractivity contribution in [1.29, 1.82) is 0 Å². The molecule has 3 aromatic rings. The van der Waals surface area contributed by atoms with Crippen LogP contribution in [-0.4, -0.2) is 27.9 Å². The molecule has 5 nitrogen and oxygen atoms in total. The summed E-state index contributed by atoms with van der Waals surface area (Å²) in [5, 5.41) is 10.6. The molecule has 0 saturated heterocycles. The van der Waals surface area contributed by atoms with Gasteiger partial charge in [-0.25, -0.2) is 9.67 Å². The average molecular weight is 352 g/mol. The number of hydrogen-bond donors (Lipinski definition) is 1. The Morgan fingerprint density at radius 1 is 1.23 bits per heavy atom. The third kappa shape index (κ3) is 2.89. The molecule has 2 heterocycles. The van der Waals surface area contributed by atoms with Crippen LogP contribution >= 0.6 is 0 Å². The van der Waals surface area contributed by atoms with E-state index in [0.29, 0.717) is 6.04 Å². The number of benzene rings is 1. The molecular formula is C21H28N4O. The molecule has 1 N–H and O–H groups in total. The summed E-state index contributed by atoms with van der Waals surface area (Å²) >= 11 is 0. The quantitative estimate of drug-likeness (QED) is 0.702. The number of aromatic nitrogens is 3. The molecule has 1 aliphatic carbocycles. The van der Waals surface area contributed by atoms with E-state index in [4.69, 9.17) is 9.72 Å². The third-order valence-electron chi connectivity index (χ3n) is 5.82.